The molecule has 0 heterocycles. The predicted octanol–water partition coefficient (Wildman–Crippen LogP) is 3.92. The lowest BCUT2D eigenvalue weighted by Gasteiger charge is -2.13. The van der Waals surface area contributed by atoms with E-state index >= 15 is 0 Å². The van der Waals surface area contributed by atoms with Crippen LogP contribution in [-0.2, 0) is 47.4 Å². The van der Waals surface area contributed by atoms with Crippen LogP contribution in [0.25, 0.3) is 0 Å². The number of esters is 1. The lowest BCUT2D eigenvalue weighted by Crippen LogP contribution is -2.20. The summed E-state index contributed by atoms with van der Waals surface area (Å²) in [6.07, 6.45) is 4.99. The maximum absolute atomic E-state index is 12.0. The molecule has 0 amide bonds. The summed E-state index contributed by atoms with van der Waals surface area (Å²) >= 11 is 0. The van der Waals surface area contributed by atoms with Crippen LogP contribution < -0.4 is 0 Å². The highest BCUT2D eigenvalue weighted by Crippen LogP contribution is 2.14. The first kappa shape index (κ1) is 38.1. The molecule has 0 aliphatic carbocycles. The number of hydrogen-bond donors (Lipinski definition) is 0. The molecule has 0 saturated carbocycles. The van der Waals surface area contributed by atoms with Gasteiger partial charge in [-0.1, -0.05) is 47.0 Å². The fourth-order valence-corrected chi connectivity index (χ4v) is 3.20. The number of ether oxygens (including phenoxy) is 9. The van der Waals surface area contributed by atoms with Crippen LogP contribution in [0.2, 0.25) is 0 Å². The van der Waals surface area contributed by atoms with Crippen LogP contribution in [-0.4, -0.2) is 118 Å². The van der Waals surface area contributed by atoms with Gasteiger partial charge in [0.1, 0.15) is 6.61 Å². The molecular weight excluding hydrogens is 508 g/mol. The molecule has 0 aromatic heterocycles. The second-order valence-electron chi connectivity index (χ2n) is 9.29. The molecule has 234 valence electrons. The number of carbonyl (C=O) groups is 1. The first-order valence-electron chi connectivity index (χ1n) is 14.9. The van der Waals surface area contributed by atoms with E-state index in [1.165, 1.54) is 0 Å². The molecule has 0 radical (unpaired) electrons. The van der Waals surface area contributed by atoms with E-state index in [-0.39, 0.29) is 18.5 Å². The molecule has 0 fully saturated rings. The van der Waals surface area contributed by atoms with Gasteiger partial charge in [0.2, 0.25) is 0 Å². The van der Waals surface area contributed by atoms with Crippen molar-refractivity contribution in [2.75, 3.05) is 112 Å². The molecule has 10 heteroatoms. The number of carbonyl (C=O) groups excluding carboxylic acids is 1. The quantitative estimate of drug-likeness (QED) is 0.0880. The summed E-state index contributed by atoms with van der Waals surface area (Å²) in [5.41, 5.74) is 0. The Labute approximate surface area is 237 Å². The van der Waals surface area contributed by atoms with E-state index in [0.29, 0.717) is 105 Å². The maximum Gasteiger partial charge on any atom is 0.308 e. The Morgan fingerprint density at radius 2 is 0.872 bits per heavy atom. The predicted molar refractivity (Wildman–Crippen MR) is 150 cm³/mol. The summed E-state index contributed by atoms with van der Waals surface area (Å²) in [6.45, 7) is 17.3. The van der Waals surface area contributed by atoms with Gasteiger partial charge in [0.25, 0.3) is 0 Å². The standard InChI is InChI=1S/C29H58O10/c1-5-8-9-28(7-3)29(30)39-25-24-37-21-20-35-17-16-33-13-12-31-10-11-32-14-15-34-18-19-36-22-23-38-26-27(4)6-2/h27-28H,5-26H2,1-4H3. The third-order valence-electron chi connectivity index (χ3n) is 5.91. The highest BCUT2D eigenvalue weighted by Gasteiger charge is 2.16. The molecular formula is C29H58O10. The van der Waals surface area contributed by atoms with Crippen molar-refractivity contribution in [3.8, 4) is 0 Å². The average Bonchev–Trinajstić information content (AvgIpc) is 2.95. The number of rotatable bonds is 32. The van der Waals surface area contributed by atoms with Crippen LogP contribution in [0.15, 0.2) is 0 Å². The zero-order valence-corrected chi connectivity index (χ0v) is 25.3. The molecule has 10 nitrogen and oxygen atoms in total. The van der Waals surface area contributed by atoms with Crippen LogP contribution in [0.3, 0.4) is 0 Å². The van der Waals surface area contributed by atoms with Gasteiger partial charge in [0, 0.05) is 6.61 Å². The molecule has 2 unspecified atom stereocenters. The Kier molecular flexibility index (Phi) is 31.0. The van der Waals surface area contributed by atoms with Crippen LogP contribution >= 0.6 is 0 Å². The number of unbranched alkanes of at least 4 members (excludes halogenated alkanes) is 1. The molecule has 0 rings (SSSR count). The minimum absolute atomic E-state index is 0.00360. The van der Waals surface area contributed by atoms with E-state index in [9.17, 15) is 4.79 Å². The van der Waals surface area contributed by atoms with Gasteiger partial charge in [-0.05, 0) is 18.8 Å². The normalized spacial score (nSPS) is 13.0. The summed E-state index contributed by atoms with van der Waals surface area (Å²) in [4.78, 5) is 12.0. The molecule has 0 aromatic carbocycles. The Morgan fingerprint density at radius 1 is 0.513 bits per heavy atom. The van der Waals surface area contributed by atoms with Crippen molar-refractivity contribution >= 4 is 5.97 Å². The fourth-order valence-electron chi connectivity index (χ4n) is 3.20. The maximum atomic E-state index is 12.0. The molecule has 0 bridgehead atoms. The second-order valence-corrected chi connectivity index (χ2v) is 9.29. The van der Waals surface area contributed by atoms with Crippen molar-refractivity contribution in [2.45, 2.75) is 59.8 Å². The second kappa shape index (κ2) is 31.7. The molecule has 0 aromatic rings. The molecule has 39 heavy (non-hydrogen) atoms. The molecule has 2 atom stereocenters. The van der Waals surface area contributed by atoms with Crippen LogP contribution in [0.4, 0.5) is 0 Å². The van der Waals surface area contributed by atoms with Gasteiger partial charge in [-0.25, -0.2) is 0 Å². The minimum Gasteiger partial charge on any atom is -0.463 e. The van der Waals surface area contributed by atoms with Crippen molar-refractivity contribution in [2.24, 2.45) is 11.8 Å². The topological polar surface area (TPSA) is 100 Å². The lowest BCUT2D eigenvalue weighted by atomic mass is 10.00. The van der Waals surface area contributed by atoms with E-state index < -0.39 is 0 Å². The third-order valence-corrected chi connectivity index (χ3v) is 5.91. The summed E-state index contributed by atoms with van der Waals surface area (Å²) in [6, 6.07) is 0. The van der Waals surface area contributed by atoms with Crippen LogP contribution in [0.1, 0.15) is 59.8 Å². The fraction of sp³-hybridized carbons (Fsp3) is 0.966. The SMILES string of the molecule is CCCCC(CC)C(=O)OCCOCCOCCOCCOCCOCCOCCOCCOCC(C)CC. The summed E-state index contributed by atoms with van der Waals surface area (Å²) in [5, 5.41) is 0. The first-order valence-corrected chi connectivity index (χ1v) is 14.9. The molecule has 0 aliphatic heterocycles. The summed E-state index contributed by atoms with van der Waals surface area (Å²) < 4.78 is 49.0. The van der Waals surface area contributed by atoms with E-state index in [1.54, 1.807) is 0 Å². The lowest BCUT2D eigenvalue weighted by molar-refractivity contribution is -0.150. The van der Waals surface area contributed by atoms with Gasteiger partial charge in [-0.15, -0.1) is 0 Å². The third kappa shape index (κ3) is 28.5. The van der Waals surface area contributed by atoms with Gasteiger partial charge in [0.05, 0.1) is 105 Å². The number of hydrogen-bond acceptors (Lipinski definition) is 10. The highest BCUT2D eigenvalue weighted by molar-refractivity contribution is 5.72. The summed E-state index contributed by atoms with van der Waals surface area (Å²) in [7, 11) is 0. The van der Waals surface area contributed by atoms with Crippen LogP contribution in [0, 0.1) is 11.8 Å². The van der Waals surface area contributed by atoms with Gasteiger partial charge in [0.15, 0.2) is 0 Å². The van der Waals surface area contributed by atoms with E-state index in [0.717, 1.165) is 38.7 Å². The van der Waals surface area contributed by atoms with Crippen LogP contribution in [0.5, 0.6) is 0 Å². The molecule has 0 N–H and O–H groups in total. The van der Waals surface area contributed by atoms with E-state index in [4.69, 9.17) is 42.6 Å². The van der Waals surface area contributed by atoms with Gasteiger partial charge in [-0.3, -0.25) is 4.79 Å². The Balaban J connectivity index is 3.18. The minimum atomic E-state index is -0.115. The average molecular weight is 567 g/mol. The molecule has 0 spiro atoms. The Hall–Kier alpha value is -0.850. The molecule has 0 aliphatic rings. The Morgan fingerprint density at radius 3 is 1.21 bits per heavy atom. The molecule has 0 saturated heterocycles. The zero-order valence-electron chi connectivity index (χ0n) is 25.3. The first-order chi connectivity index (χ1) is 19.2. The monoisotopic (exact) mass is 566 g/mol. The highest BCUT2D eigenvalue weighted by atomic mass is 16.6. The van der Waals surface area contributed by atoms with Gasteiger partial charge in [-0.2, -0.15) is 0 Å². The van der Waals surface area contributed by atoms with Crippen molar-refractivity contribution in [3.05, 3.63) is 0 Å². The van der Waals surface area contributed by atoms with Gasteiger partial charge >= 0.3 is 5.97 Å². The Bertz CT molecular complexity index is 495. The van der Waals surface area contributed by atoms with Crippen molar-refractivity contribution < 1.29 is 47.4 Å². The zero-order chi connectivity index (χ0) is 28.7. The van der Waals surface area contributed by atoms with Crippen molar-refractivity contribution in [1.82, 2.24) is 0 Å². The van der Waals surface area contributed by atoms with E-state index in [2.05, 4.69) is 20.8 Å². The van der Waals surface area contributed by atoms with Crippen molar-refractivity contribution in [1.29, 1.82) is 0 Å². The summed E-state index contributed by atoms with van der Waals surface area (Å²) in [5.74, 6) is 0.487. The smallest absolute Gasteiger partial charge is 0.308 e. The largest absolute Gasteiger partial charge is 0.463 e. The van der Waals surface area contributed by atoms with E-state index in [1.807, 2.05) is 6.92 Å². The van der Waals surface area contributed by atoms with Gasteiger partial charge < -0.3 is 42.6 Å². The van der Waals surface area contributed by atoms with Crippen molar-refractivity contribution in [3.63, 3.8) is 0 Å².